The van der Waals surface area contributed by atoms with Gasteiger partial charge in [-0.3, -0.25) is 9.59 Å². The van der Waals surface area contributed by atoms with E-state index in [0.717, 1.165) is 30.4 Å². The van der Waals surface area contributed by atoms with E-state index in [0.29, 0.717) is 45.4 Å². The summed E-state index contributed by atoms with van der Waals surface area (Å²) < 4.78 is 0. The van der Waals surface area contributed by atoms with Crippen LogP contribution in [0.15, 0.2) is 72.3 Å². The van der Waals surface area contributed by atoms with Crippen LogP contribution in [0.5, 0.6) is 0 Å². The second-order valence-corrected chi connectivity index (χ2v) is 14.1. The number of carboxylic acid groups (broad SMARTS) is 1. The number of aliphatic hydroxyl groups is 1. The van der Waals surface area contributed by atoms with E-state index in [4.69, 9.17) is 0 Å². The lowest BCUT2D eigenvalue weighted by molar-refractivity contribution is -0.146. The van der Waals surface area contributed by atoms with E-state index in [1.807, 2.05) is 40.1 Å². The number of rotatable bonds is 5. The predicted octanol–water partition coefficient (Wildman–Crippen LogP) is 5.69. The SMILES string of the molecule is CC1(C)C(c2ccc(C(=O)O)cc2)=CC[C@]2(C)CN(C(=O)C3(c4ccccc4)CCN(C(=O)[C@@H]4CCC[C@@H]4O)CC3)CC=C12. The molecule has 2 aliphatic carbocycles. The van der Waals surface area contributed by atoms with Gasteiger partial charge in [0, 0.05) is 37.0 Å². The first-order chi connectivity index (χ1) is 21.0. The number of aromatic carboxylic acids is 1. The Bertz CT molecular complexity index is 1500. The lowest BCUT2D eigenvalue weighted by Crippen LogP contribution is -2.58. The van der Waals surface area contributed by atoms with Gasteiger partial charge in [-0.1, -0.05) is 81.0 Å². The van der Waals surface area contributed by atoms with Gasteiger partial charge in [-0.2, -0.15) is 0 Å². The molecular weight excluding hydrogens is 552 g/mol. The first-order valence-corrected chi connectivity index (χ1v) is 16.0. The fraction of sp³-hybridized carbons (Fsp3) is 0.486. The first-order valence-electron chi connectivity index (χ1n) is 16.0. The summed E-state index contributed by atoms with van der Waals surface area (Å²) in [5.74, 6) is -1.08. The van der Waals surface area contributed by atoms with Gasteiger partial charge in [-0.05, 0) is 67.4 Å². The highest BCUT2D eigenvalue weighted by atomic mass is 16.4. The summed E-state index contributed by atoms with van der Waals surface area (Å²) in [7, 11) is 0. The van der Waals surface area contributed by atoms with Crippen LogP contribution in [-0.4, -0.2) is 70.1 Å². The van der Waals surface area contributed by atoms with Crippen LogP contribution in [0, 0.1) is 16.7 Å². The van der Waals surface area contributed by atoms with Gasteiger partial charge < -0.3 is 20.0 Å². The Kier molecular flexibility index (Phi) is 7.81. The van der Waals surface area contributed by atoms with Crippen LogP contribution >= 0.6 is 0 Å². The van der Waals surface area contributed by atoms with E-state index in [-0.39, 0.29) is 34.1 Å². The van der Waals surface area contributed by atoms with Crippen LogP contribution in [-0.2, 0) is 15.0 Å². The molecule has 0 aromatic heterocycles. The highest BCUT2D eigenvalue weighted by Crippen LogP contribution is 2.55. The van der Waals surface area contributed by atoms with Crippen LogP contribution < -0.4 is 0 Å². The predicted molar refractivity (Wildman–Crippen MR) is 170 cm³/mol. The average Bonchev–Trinajstić information content (AvgIpc) is 3.46. The van der Waals surface area contributed by atoms with E-state index >= 15 is 0 Å². The second-order valence-electron chi connectivity index (χ2n) is 14.1. The van der Waals surface area contributed by atoms with E-state index in [2.05, 4.69) is 45.1 Å². The molecule has 7 heteroatoms. The van der Waals surface area contributed by atoms with Crippen molar-refractivity contribution in [2.75, 3.05) is 26.2 Å². The number of fused-ring (bicyclic) bond motifs is 1. The van der Waals surface area contributed by atoms with Gasteiger partial charge in [-0.25, -0.2) is 4.79 Å². The van der Waals surface area contributed by atoms with Crippen molar-refractivity contribution in [1.29, 1.82) is 0 Å². The number of carboxylic acids is 1. The topological polar surface area (TPSA) is 98.2 Å². The minimum absolute atomic E-state index is 0.0341. The normalized spacial score (nSPS) is 27.6. The van der Waals surface area contributed by atoms with E-state index in [9.17, 15) is 24.6 Å². The molecule has 2 aliphatic heterocycles. The standard InChI is InChI=1S/C37H44N2O5/c1-35(2)29(25-12-14-26(15-13-25)33(42)43)16-18-36(3)24-39(21-17-31(35)36)34(44)37(27-8-5-4-6-9-27)19-22-38(23-20-37)32(41)28-10-7-11-30(28)40/h4-6,8-9,12-17,28,30,40H,7,10-11,18-24H2,1-3H3,(H,42,43)/t28-,30+,36-/m1/s1. The summed E-state index contributed by atoms with van der Waals surface area (Å²) in [6, 6.07) is 17.2. The minimum Gasteiger partial charge on any atom is -0.478 e. The Hall–Kier alpha value is -3.71. The molecule has 2 N–H and O–H groups in total. The fourth-order valence-electron chi connectivity index (χ4n) is 8.61. The zero-order valence-corrected chi connectivity index (χ0v) is 26.1. The molecular formula is C37H44N2O5. The number of benzene rings is 2. The van der Waals surface area contributed by atoms with Gasteiger partial charge in [0.15, 0.2) is 0 Å². The molecule has 2 heterocycles. The van der Waals surface area contributed by atoms with Gasteiger partial charge >= 0.3 is 5.97 Å². The lowest BCUT2D eigenvalue weighted by Gasteiger charge is -2.52. The number of allylic oxidation sites excluding steroid dienone is 2. The van der Waals surface area contributed by atoms with Gasteiger partial charge in [0.25, 0.3) is 0 Å². The molecule has 0 bridgehead atoms. The number of piperidine rings is 1. The third-order valence-electron chi connectivity index (χ3n) is 11.0. The fourth-order valence-corrected chi connectivity index (χ4v) is 8.61. The molecule has 1 saturated carbocycles. The van der Waals surface area contributed by atoms with Crippen molar-refractivity contribution in [3.63, 3.8) is 0 Å². The third-order valence-corrected chi connectivity index (χ3v) is 11.0. The van der Waals surface area contributed by atoms with E-state index < -0.39 is 17.5 Å². The average molecular weight is 597 g/mol. The molecule has 2 fully saturated rings. The molecule has 3 atom stereocenters. The van der Waals surface area contributed by atoms with Crippen LogP contribution in [0.1, 0.15) is 80.8 Å². The maximum atomic E-state index is 14.7. The van der Waals surface area contributed by atoms with Crippen molar-refractivity contribution >= 4 is 23.4 Å². The Morgan fingerprint density at radius 1 is 0.864 bits per heavy atom. The van der Waals surface area contributed by atoms with Gasteiger partial charge in [0.1, 0.15) is 0 Å². The molecule has 44 heavy (non-hydrogen) atoms. The molecule has 0 unspecified atom stereocenters. The maximum Gasteiger partial charge on any atom is 0.335 e. The molecule has 0 radical (unpaired) electrons. The Balaban J connectivity index is 1.24. The number of carbonyl (C=O) groups is 3. The summed E-state index contributed by atoms with van der Waals surface area (Å²) in [6.45, 7) is 8.88. The quantitative estimate of drug-likeness (QED) is 0.432. The summed E-state index contributed by atoms with van der Waals surface area (Å²) in [4.78, 5) is 43.3. The monoisotopic (exact) mass is 596 g/mol. The van der Waals surface area contributed by atoms with Crippen LogP contribution in [0.2, 0.25) is 0 Å². The molecule has 6 rings (SSSR count). The number of hydrogen-bond donors (Lipinski definition) is 2. The summed E-state index contributed by atoms with van der Waals surface area (Å²) in [6.07, 6.45) is 8.18. The molecule has 2 aromatic rings. The summed E-state index contributed by atoms with van der Waals surface area (Å²) in [5, 5.41) is 19.7. The van der Waals surface area contributed by atoms with E-state index in [1.54, 1.807) is 12.1 Å². The molecule has 7 nitrogen and oxygen atoms in total. The van der Waals surface area contributed by atoms with Crippen LogP contribution in [0.25, 0.3) is 5.57 Å². The molecule has 232 valence electrons. The van der Waals surface area contributed by atoms with Crippen molar-refractivity contribution in [1.82, 2.24) is 9.80 Å². The number of aliphatic hydroxyl groups excluding tert-OH is 1. The van der Waals surface area contributed by atoms with Crippen molar-refractivity contribution in [2.45, 2.75) is 70.8 Å². The highest BCUT2D eigenvalue weighted by molar-refractivity contribution is 5.90. The zero-order chi connectivity index (χ0) is 31.3. The van der Waals surface area contributed by atoms with Crippen molar-refractivity contribution in [2.24, 2.45) is 16.7 Å². The van der Waals surface area contributed by atoms with Crippen molar-refractivity contribution in [3.8, 4) is 0 Å². The lowest BCUT2D eigenvalue weighted by atomic mass is 9.58. The van der Waals surface area contributed by atoms with Gasteiger partial charge in [0.05, 0.1) is 23.0 Å². The maximum absolute atomic E-state index is 14.7. The van der Waals surface area contributed by atoms with Gasteiger partial charge in [0.2, 0.25) is 11.8 Å². The largest absolute Gasteiger partial charge is 0.478 e. The molecule has 1 saturated heterocycles. The summed E-state index contributed by atoms with van der Waals surface area (Å²) >= 11 is 0. The number of amides is 2. The second kappa shape index (κ2) is 11.3. The molecule has 0 spiro atoms. The third kappa shape index (κ3) is 5.09. The highest BCUT2D eigenvalue weighted by Gasteiger charge is 2.51. The Morgan fingerprint density at radius 2 is 1.55 bits per heavy atom. The summed E-state index contributed by atoms with van der Waals surface area (Å²) in [5.41, 5.74) is 3.60. The molecule has 2 amide bonds. The Morgan fingerprint density at radius 3 is 2.16 bits per heavy atom. The smallest absolute Gasteiger partial charge is 0.335 e. The Labute approximate surface area is 260 Å². The zero-order valence-electron chi connectivity index (χ0n) is 26.1. The van der Waals surface area contributed by atoms with E-state index in [1.165, 1.54) is 11.1 Å². The number of carbonyl (C=O) groups excluding carboxylic acids is 2. The number of nitrogens with zero attached hydrogens (tertiary/aromatic N) is 2. The van der Waals surface area contributed by atoms with Gasteiger partial charge in [-0.15, -0.1) is 0 Å². The number of likely N-dealkylation sites (tertiary alicyclic amines) is 1. The minimum atomic E-state index is -0.932. The van der Waals surface area contributed by atoms with Crippen molar-refractivity contribution < 1.29 is 24.6 Å². The molecule has 2 aromatic carbocycles. The van der Waals surface area contributed by atoms with Crippen LogP contribution in [0.4, 0.5) is 0 Å². The number of hydrogen-bond acceptors (Lipinski definition) is 4. The molecule has 4 aliphatic rings. The first kappa shape index (κ1) is 30.3. The van der Waals surface area contributed by atoms with Crippen LogP contribution in [0.3, 0.4) is 0 Å². The van der Waals surface area contributed by atoms with Crippen molar-refractivity contribution in [3.05, 3.63) is 89.0 Å².